The lowest BCUT2D eigenvalue weighted by atomic mass is 9.86. The summed E-state index contributed by atoms with van der Waals surface area (Å²) >= 11 is 0. The number of rotatable bonds is 19. The molecule has 12 heteroatoms. The molecule has 1 aliphatic rings. The number of carbonyl (C=O) groups excluding carboxylic acids is 4. The Bertz CT molecular complexity index is 1940. The van der Waals surface area contributed by atoms with Gasteiger partial charge in [-0.15, -0.1) is 0 Å². The van der Waals surface area contributed by atoms with Crippen LogP contribution < -0.4 is 33.7 Å². The highest BCUT2D eigenvalue weighted by molar-refractivity contribution is 5.93. The molecule has 0 unspecified atom stereocenters. The fourth-order valence-electron chi connectivity index (χ4n) is 6.64. The van der Waals surface area contributed by atoms with Crippen molar-refractivity contribution in [3.05, 3.63) is 107 Å². The number of methoxy groups -OCH3 is 3. The smallest absolute Gasteiger partial charge is 0.343 e. The lowest BCUT2D eigenvalue weighted by molar-refractivity contribution is -0.134. The largest absolute Gasteiger partial charge is 0.497 e. The van der Waals surface area contributed by atoms with E-state index in [1.807, 2.05) is 23.1 Å². The first-order chi connectivity index (χ1) is 27.2. The van der Waals surface area contributed by atoms with Gasteiger partial charge in [-0.3, -0.25) is 9.59 Å². The molecule has 56 heavy (non-hydrogen) atoms. The van der Waals surface area contributed by atoms with Gasteiger partial charge in [0.1, 0.15) is 11.5 Å². The van der Waals surface area contributed by atoms with Crippen LogP contribution >= 0.6 is 0 Å². The number of nitrogens with zero attached hydrogens (tertiary/aromatic N) is 1. The normalized spacial score (nSPS) is 13.1. The predicted molar refractivity (Wildman–Crippen MR) is 210 cm³/mol. The minimum Gasteiger partial charge on any atom is -0.497 e. The second-order valence-corrected chi connectivity index (χ2v) is 13.4. The van der Waals surface area contributed by atoms with Crippen LogP contribution in [0.25, 0.3) is 0 Å². The Kier molecular flexibility index (Phi) is 15.1. The first-order valence-electron chi connectivity index (χ1n) is 18.9. The van der Waals surface area contributed by atoms with Gasteiger partial charge >= 0.3 is 11.9 Å². The Morgan fingerprint density at radius 1 is 0.714 bits per heavy atom. The number of benzene rings is 4. The molecule has 12 nitrogen and oxygen atoms in total. The molecule has 296 valence electrons. The van der Waals surface area contributed by atoms with Crippen LogP contribution in [0.5, 0.6) is 34.5 Å². The SMILES string of the molecule is CCCN(C(=O)CCCCCNC(=O)COc1ccccc1OC)[C@H]1CCc2c(ccc(OC(=O)c3ccc(OC)cc3)c2OC(=O)c2ccc(OC)cc2)C1. The average Bonchev–Trinajstić information content (AvgIpc) is 3.23. The van der Waals surface area contributed by atoms with Gasteiger partial charge in [0.05, 0.1) is 32.5 Å². The van der Waals surface area contributed by atoms with Gasteiger partial charge in [-0.05, 0) is 111 Å². The number of unbranched alkanes of at least 4 members (excludes halogenated alkanes) is 2. The monoisotopic (exact) mass is 766 g/mol. The fourth-order valence-corrected chi connectivity index (χ4v) is 6.64. The summed E-state index contributed by atoms with van der Waals surface area (Å²) in [6.45, 7) is 3.05. The van der Waals surface area contributed by atoms with Gasteiger partial charge in [0.2, 0.25) is 5.91 Å². The Morgan fingerprint density at radius 3 is 1.98 bits per heavy atom. The van der Waals surface area contributed by atoms with E-state index >= 15 is 0 Å². The third kappa shape index (κ3) is 11.0. The van der Waals surface area contributed by atoms with Crippen molar-refractivity contribution < 1.29 is 47.6 Å². The molecule has 1 aliphatic carbocycles. The third-order valence-corrected chi connectivity index (χ3v) is 9.60. The Labute approximate surface area is 328 Å². The molecular weight excluding hydrogens is 716 g/mol. The highest BCUT2D eigenvalue weighted by Crippen LogP contribution is 2.40. The molecule has 0 heterocycles. The predicted octanol–water partition coefficient (Wildman–Crippen LogP) is 7.00. The number of fused-ring (bicyclic) bond motifs is 1. The lowest BCUT2D eigenvalue weighted by Crippen LogP contribution is -2.44. The molecule has 0 saturated heterocycles. The van der Waals surface area contributed by atoms with Crippen molar-refractivity contribution in [3.8, 4) is 34.5 Å². The van der Waals surface area contributed by atoms with Crippen LogP contribution in [0.4, 0.5) is 0 Å². The van der Waals surface area contributed by atoms with E-state index in [-0.39, 0.29) is 36.0 Å². The van der Waals surface area contributed by atoms with Crippen LogP contribution in [-0.4, -0.2) is 75.7 Å². The van der Waals surface area contributed by atoms with E-state index in [9.17, 15) is 19.2 Å². The Hall–Kier alpha value is -6.04. The number of nitrogens with one attached hydrogen (secondary N) is 1. The Balaban J connectivity index is 1.20. The first kappa shape index (κ1) is 41.1. The van der Waals surface area contributed by atoms with Gasteiger partial charge in [0.15, 0.2) is 29.6 Å². The number of ether oxygens (including phenoxy) is 6. The van der Waals surface area contributed by atoms with Crippen molar-refractivity contribution in [1.82, 2.24) is 10.2 Å². The maximum Gasteiger partial charge on any atom is 0.343 e. The summed E-state index contributed by atoms with van der Waals surface area (Å²) in [5, 5.41) is 2.87. The molecule has 0 fully saturated rings. The Morgan fingerprint density at radius 2 is 1.36 bits per heavy atom. The first-order valence-corrected chi connectivity index (χ1v) is 18.9. The highest BCUT2D eigenvalue weighted by Gasteiger charge is 2.31. The summed E-state index contributed by atoms with van der Waals surface area (Å²) in [7, 11) is 4.64. The number of hydrogen-bond donors (Lipinski definition) is 1. The number of para-hydroxylation sites is 2. The second kappa shape index (κ2) is 20.6. The van der Waals surface area contributed by atoms with Crippen LogP contribution in [-0.2, 0) is 22.4 Å². The van der Waals surface area contributed by atoms with Crippen molar-refractivity contribution in [3.63, 3.8) is 0 Å². The topological polar surface area (TPSA) is 139 Å². The van der Waals surface area contributed by atoms with Crippen molar-refractivity contribution in [2.45, 2.75) is 64.3 Å². The molecular formula is C44H50N2O10. The second-order valence-electron chi connectivity index (χ2n) is 13.4. The summed E-state index contributed by atoms with van der Waals surface area (Å²) in [4.78, 5) is 54.5. The molecule has 2 amide bonds. The molecule has 0 radical (unpaired) electrons. The lowest BCUT2D eigenvalue weighted by Gasteiger charge is -2.36. The van der Waals surface area contributed by atoms with Crippen molar-refractivity contribution in [2.24, 2.45) is 0 Å². The minimum absolute atomic E-state index is 0.0460. The zero-order valence-electron chi connectivity index (χ0n) is 32.5. The van der Waals surface area contributed by atoms with E-state index in [2.05, 4.69) is 12.2 Å². The molecule has 0 bridgehead atoms. The van der Waals surface area contributed by atoms with Crippen molar-refractivity contribution >= 4 is 23.8 Å². The van der Waals surface area contributed by atoms with Crippen LogP contribution in [0.3, 0.4) is 0 Å². The van der Waals surface area contributed by atoms with Gasteiger partial charge in [-0.2, -0.15) is 0 Å². The highest BCUT2D eigenvalue weighted by atomic mass is 16.6. The van der Waals surface area contributed by atoms with E-state index in [4.69, 9.17) is 28.4 Å². The van der Waals surface area contributed by atoms with Gasteiger partial charge in [0.25, 0.3) is 5.91 Å². The number of esters is 2. The number of amides is 2. The van der Waals surface area contributed by atoms with E-state index in [0.29, 0.717) is 79.3 Å². The maximum atomic E-state index is 13.6. The van der Waals surface area contributed by atoms with E-state index in [1.54, 1.807) is 88.1 Å². The van der Waals surface area contributed by atoms with Crippen LogP contribution in [0.1, 0.15) is 77.3 Å². The molecule has 0 spiro atoms. The molecule has 4 aromatic carbocycles. The molecule has 4 aromatic rings. The zero-order valence-corrected chi connectivity index (χ0v) is 32.5. The standard InChI is InChI=1S/C44H50N2O10/c1-5-27-46(41(48)13-7-6-10-26-45-40(47)29-54-38-12-9-8-11-37(38)53-4)33-19-24-36-32(28-33)18-25-39(55-43(49)30-14-20-34(51-2)21-15-30)42(36)56-44(50)31-16-22-35(52-3)23-17-31/h8-9,11-12,14-18,20-23,25,33H,5-7,10,13,19,24,26-29H2,1-4H3,(H,45,47)/t33-/m0/s1. The summed E-state index contributed by atoms with van der Waals surface area (Å²) in [6, 6.07) is 23.7. The van der Waals surface area contributed by atoms with Gasteiger partial charge < -0.3 is 38.6 Å². The number of carbonyl (C=O) groups is 4. The van der Waals surface area contributed by atoms with Crippen molar-refractivity contribution in [1.29, 1.82) is 0 Å². The van der Waals surface area contributed by atoms with Gasteiger partial charge in [0, 0.05) is 31.1 Å². The van der Waals surface area contributed by atoms with Crippen molar-refractivity contribution in [2.75, 3.05) is 41.0 Å². The number of hydrogen-bond acceptors (Lipinski definition) is 10. The van der Waals surface area contributed by atoms with Crippen LogP contribution in [0.2, 0.25) is 0 Å². The quantitative estimate of drug-likeness (QED) is 0.0603. The maximum absolute atomic E-state index is 13.6. The molecule has 5 rings (SSSR count). The third-order valence-electron chi connectivity index (χ3n) is 9.60. The van der Waals surface area contributed by atoms with E-state index in [0.717, 1.165) is 30.4 Å². The average molecular weight is 767 g/mol. The summed E-state index contributed by atoms with van der Waals surface area (Å²) < 4.78 is 33.1. The fraction of sp³-hybridized carbons (Fsp3) is 0.364. The van der Waals surface area contributed by atoms with Crippen LogP contribution in [0, 0.1) is 0 Å². The van der Waals surface area contributed by atoms with Crippen LogP contribution in [0.15, 0.2) is 84.9 Å². The molecule has 0 saturated carbocycles. The summed E-state index contributed by atoms with van der Waals surface area (Å²) in [5.41, 5.74) is 2.30. The minimum atomic E-state index is -0.608. The van der Waals surface area contributed by atoms with Gasteiger partial charge in [-0.1, -0.05) is 31.5 Å². The molecule has 1 N–H and O–H groups in total. The summed E-state index contributed by atoms with van der Waals surface area (Å²) in [5.74, 6) is 1.24. The molecule has 1 atom stereocenters. The molecule has 0 aliphatic heterocycles. The zero-order chi connectivity index (χ0) is 39.9. The van der Waals surface area contributed by atoms with E-state index < -0.39 is 11.9 Å². The van der Waals surface area contributed by atoms with E-state index in [1.165, 1.54) is 0 Å². The van der Waals surface area contributed by atoms with Gasteiger partial charge in [-0.25, -0.2) is 9.59 Å². The molecule has 0 aromatic heterocycles. The summed E-state index contributed by atoms with van der Waals surface area (Å²) in [6.07, 6.45) is 5.14.